The number of nitrogens with one attached hydrogen (secondary N) is 1. The summed E-state index contributed by atoms with van der Waals surface area (Å²) in [6.45, 7) is -2.44. The Bertz CT molecular complexity index is 1590. The predicted octanol–water partition coefficient (Wildman–Crippen LogP) is 5.94. The van der Waals surface area contributed by atoms with E-state index >= 15 is 0 Å². The van der Waals surface area contributed by atoms with Gasteiger partial charge in [-0.3, -0.25) is 9.79 Å². The van der Waals surface area contributed by atoms with Crippen LogP contribution in [0.1, 0.15) is 45.6 Å². The van der Waals surface area contributed by atoms with Gasteiger partial charge in [0.15, 0.2) is 10.8 Å². The van der Waals surface area contributed by atoms with E-state index in [0.717, 1.165) is 5.70 Å². The van der Waals surface area contributed by atoms with Gasteiger partial charge in [-0.05, 0) is 30.3 Å². The average Bonchev–Trinajstić information content (AvgIpc) is 3.69. The van der Waals surface area contributed by atoms with Gasteiger partial charge >= 0.3 is 6.55 Å². The smallest absolute Gasteiger partial charge is 0.333 e. The molecule has 1 fully saturated rings. The van der Waals surface area contributed by atoms with E-state index in [1.165, 1.54) is 41.8 Å². The zero-order valence-corrected chi connectivity index (χ0v) is 21.7. The van der Waals surface area contributed by atoms with Gasteiger partial charge in [0.05, 0.1) is 11.7 Å². The Morgan fingerprint density at radius 2 is 1.97 bits per heavy atom. The molecule has 0 unspecified atom stereocenters. The quantitative estimate of drug-likeness (QED) is 0.312. The molecule has 1 saturated heterocycles. The number of aromatic nitrogens is 3. The van der Waals surface area contributed by atoms with Crippen molar-refractivity contribution >= 4 is 40.3 Å². The van der Waals surface area contributed by atoms with E-state index in [1.807, 2.05) is 16.3 Å². The highest BCUT2D eigenvalue weighted by Gasteiger charge is 2.41. The Morgan fingerprint density at radius 3 is 2.67 bits per heavy atom. The number of hydrogen-bond acceptors (Lipinski definition) is 6. The summed E-state index contributed by atoms with van der Waals surface area (Å²) in [4.78, 5) is 24.3. The van der Waals surface area contributed by atoms with Gasteiger partial charge in [-0.15, -0.1) is 11.3 Å². The highest BCUT2D eigenvalue weighted by atomic mass is 35.5. The minimum absolute atomic E-state index is 0.147. The molecule has 0 radical (unpaired) electrons. The van der Waals surface area contributed by atoms with Crippen molar-refractivity contribution in [1.29, 1.82) is 0 Å². The molecule has 2 atom stereocenters. The third-order valence-corrected chi connectivity index (χ3v) is 7.69. The number of halogens is 4. The first kappa shape index (κ1) is 25.3. The summed E-state index contributed by atoms with van der Waals surface area (Å²) in [5.74, 6) is -0.180. The Balaban J connectivity index is 1.48. The zero-order chi connectivity index (χ0) is 27.1. The fraction of sp³-hybridized carbons (Fsp3) is 0.185. The average molecular weight is 569 g/mol. The van der Waals surface area contributed by atoms with Gasteiger partial charge in [-0.1, -0.05) is 35.9 Å². The molecule has 2 aromatic heterocycles. The first-order chi connectivity index (χ1) is 18.9. The van der Waals surface area contributed by atoms with Crippen LogP contribution >= 0.6 is 22.9 Å². The van der Waals surface area contributed by atoms with Gasteiger partial charge in [-0.2, -0.15) is 13.9 Å². The Kier molecular flexibility index (Phi) is 6.69. The van der Waals surface area contributed by atoms with Crippen LogP contribution in [0.5, 0.6) is 0 Å². The van der Waals surface area contributed by atoms with Crippen molar-refractivity contribution in [2.75, 3.05) is 6.54 Å². The minimum atomic E-state index is -2.83. The van der Waals surface area contributed by atoms with Crippen molar-refractivity contribution in [3.8, 4) is 0 Å². The number of alkyl halides is 2. The van der Waals surface area contributed by atoms with Crippen LogP contribution in [0.3, 0.4) is 0 Å². The number of carbonyl (C=O) groups is 1. The second-order valence-corrected chi connectivity index (χ2v) is 10.3. The van der Waals surface area contributed by atoms with Crippen molar-refractivity contribution in [2.45, 2.75) is 25.1 Å². The molecule has 1 amide bonds. The van der Waals surface area contributed by atoms with Crippen LogP contribution in [0.25, 0.3) is 5.57 Å². The van der Waals surface area contributed by atoms with Crippen molar-refractivity contribution < 1.29 is 18.0 Å². The lowest BCUT2D eigenvalue weighted by Crippen LogP contribution is -2.39. The van der Waals surface area contributed by atoms with Crippen LogP contribution in [0.4, 0.5) is 13.2 Å². The number of aliphatic imine (C=N–C) groups is 1. The predicted molar refractivity (Wildman–Crippen MR) is 142 cm³/mol. The van der Waals surface area contributed by atoms with E-state index in [0.29, 0.717) is 45.2 Å². The molecule has 0 saturated carbocycles. The summed E-state index contributed by atoms with van der Waals surface area (Å²) >= 11 is 7.88. The standard InChI is InChI=1S/C27H20ClF3N6OS/c28-19-12-16(29)6-7-18(19)23-22(20-8-10-37(35-20)27(30)31)21-13-17(33-25(38)15-4-2-1-3-5-15)14-36(21)24(34-23)26-32-9-11-39-26/h1-12,17,23,27H,13-14H2,(H,33,38)/t17-,23-/m0/s1. The summed E-state index contributed by atoms with van der Waals surface area (Å²) in [5.41, 5.74) is 2.62. The normalized spacial score (nSPS) is 18.9. The van der Waals surface area contributed by atoms with E-state index in [9.17, 15) is 18.0 Å². The van der Waals surface area contributed by atoms with Crippen LogP contribution in [-0.4, -0.2) is 44.0 Å². The molecule has 2 aliphatic heterocycles. The third kappa shape index (κ3) is 4.83. The maximum Gasteiger partial charge on any atom is 0.333 e. The molecular formula is C27H20ClF3N6OS. The minimum Gasteiger partial charge on any atom is -0.347 e. The molecule has 4 aromatic rings. The number of carbonyl (C=O) groups excluding carboxylic acids is 1. The molecule has 2 aliphatic rings. The Hall–Kier alpha value is -3.96. The molecular weight excluding hydrogens is 549 g/mol. The number of amides is 1. The Morgan fingerprint density at radius 1 is 1.15 bits per heavy atom. The highest BCUT2D eigenvalue weighted by Crippen LogP contribution is 2.46. The molecule has 0 spiro atoms. The third-order valence-electron chi connectivity index (χ3n) is 6.60. The zero-order valence-electron chi connectivity index (χ0n) is 20.1. The van der Waals surface area contributed by atoms with E-state index < -0.39 is 18.4 Å². The maximum absolute atomic E-state index is 14.0. The number of fused-ring (bicyclic) bond motifs is 1. The lowest BCUT2D eigenvalue weighted by Gasteiger charge is -2.32. The highest BCUT2D eigenvalue weighted by molar-refractivity contribution is 7.11. The molecule has 4 heterocycles. The van der Waals surface area contributed by atoms with Crippen LogP contribution in [0.2, 0.25) is 5.02 Å². The summed E-state index contributed by atoms with van der Waals surface area (Å²) in [5, 5.41) is 9.83. The SMILES string of the molecule is O=C(N[C@H]1CC2=C(c3ccn(C(F)F)n3)[C@H](c3ccc(F)cc3Cl)N=C(c3nccs3)N2C1)c1ccccc1. The van der Waals surface area contributed by atoms with Gasteiger partial charge < -0.3 is 10.2 Å². The molecule has 6 rings (SSSR count). The number of benzene rings is 2. The van der Waals surface area contributed by atoms with E-state index in [4.69, 9.17) is 16.6 Å². The van der Waals surface area contributed by atoms with Gasteiger partial charge in [0.25, 0.3) is 5.91 Å². The van der Waals surface area contributed by atoms with Gasteiger partial charge in [0.1, 0.15) is 11.9 Å². The fourth-order valence-corrected chi connectivity index (χ4v) is 5.82. The molecule has 1 N–H and O–H groups in total. The van der Waals surface area contributed by atoms with Crippen LogP contribution < -0.4 is 5.32 Å². The second-order valence-electron chi connectivity index (χ2n) is 9.03. The van der Waals surface area contributed by atoms with Crippen molar-refractivity contribution in [1.82, 2.24) is 25.0 Å². The summed E-state index contributed by atoms with van der Waals surface area (Å²) in [7, 11) is 0. The van der Waals surface area contributed by atoms with Crippen molar-refractivity contribution in [2.24, 2.45) is 4.99 Å². The molecule has 0 aliphatic carbocycles. The summed E-state index contributed by atoms with van der Waals surface area (Å²) in [6.07, 6.45) is 3.25. The maximum atomic E-state index is 14.0. The monoisotopic (exact) mass is 568 g/mol. The molecule has 0 bridgehead atoms. The van der Waals surface area contributed by atoms with Crippen molar-refractivity contribution in [3.05, 3.63) is 111 Å². The molecule has 39 heavy (non-hydrogen) atoms. The summed E-state index contributed by atoms with van der Waals surface area (Å²) < 4.78 is 41.5. The summed E-state index contributed by atoms with van der Waals surface area (Å²) in [6, 6.07) is 13.3. The van der Waals surface area contributed by atoms with E-state index in [2.05, 4.69) is 15.4 Å². The number of amidine groups is 1. The number of nitrogens with zero attached hydrogens (tertiary/aromatic N) is 5. The van der Waals surface area contributed by atoms with Gasteiger partial charge in [0.2, 0.25) is 0 Å². The second kappa shape index (κ2) is 10.3. The lowest BCUT2D eigenvalue weighted by molar-refractivity contribution is 0.0564. The lowest BCUT2D eigenvalue weighted by atomic mass is 9.92. The number of rotatable bonds is 6. The topological polar surface area (TPSA) is 75.4 Å². The van der Waals surface area contributed by atoms with Crippen LogP contribution in [-0.2, 0) is 0 Å². The largest absolute Gasteiger partial charge is 0.347 e. The van der Waals surface area contributed by atoms with Gasteiger partial charge in [-0.25, -0.2) is 14.1 Å². The van der Waals surface area contributed by atoms with Crippen LogP contribution in [0.15, 0.2) is 83.1 Å². The fourth-order valence-electron chi connectivity index (χ4n) is 4.91. The van der Waals surface area contributed by atoms with Gasteiger partial charge in [0, 0.05) is 58.2 Å². The van der Waals surface area contributed by atoms with Crippen molar-refractivity contribution in [3.63, 3.8) is 0 Å². The number of hydrogen-bond donors (Lipinski definition) is 1. The Labute approximate surface area is 230 Å². The molecule has 2 aromatic carbocycles. The molecule has 7 nitrogen and oxygen atoms in total. The number of thiazole rings is 1. The first-order valence-electron chi connectivity index (χ1n) is 12.0. The van der Waals surface area contributed by atoms with Crippen LogP contribution in [0, 0.1) is 5.82 Å². The van der Waals surface area contributed by atoms with E-state index in [-0.39, 0.29) is 22.7 Å². The molecule has 198 valence electrons. The molecule has 12 heteroatoms. The van der Waals surface area contributed by atoms with E-state index in [1.54, 1.807) is 30.5 Å². The first-order valence-corrected chi connectivity index (χ1v) is 13.3.